The van der Waals surface area contributed by atoms with Gasteiger partial charge in [-0.25, -0.2) is 13.2 Å². The first kappa shape index (κ1) is 26.2. The third kappa shape index (κ3) is 6.60. The Bertz CT molecular complexity index is 1180. The molecule has 1 unspecified atom stereocenters. The van der Waals surface area contributed by atoms with Gasteiger partial charge in [-0.1, -0.05) is 24.3 Å². The van der Waals surface area contributed by atoms with Crippen molar-refractivity contribution in [2.45, 2.75) is 38.0 Å². The fraction of sp³-hybridized carbons (Fsp3) is 0.280. The second-order valence-electron chi connectivity index (χ2n) is 8.03. The van der Waals surface area contributed by atoms with E-state index in [1.165, 1.54) is 25.2 Å². The van der Waals surface area contributed by atoms with Crippen LogP contribution >= 0.6 is 0 Å². The van der Waals surface area contributed by atoms with Crippen LogP contribution in [0.3, 0.4) is 0 Å². The van der Waals surface area contributed by atoms with Gasteiger partial charge in [0, 0.05) is 30.9 Å². The first-order chi connectivity index (χ1) is 16.5. The summed E-state index contributed by atoms with van der Waals surface area (Å²) in [5.41, 5.74) is 0.325. The lowest BCUT2D eigenvalue weighted by atomic mass is 9.95. The van der Waals surface area contributed by atoms with E-state index >= 15 is 0 Å². The van der Waals surface area contributed by atoms with E-state index in [2.05, 4.69) is 15.6 Å². The predicted octanol–water partition coefficient (Wildman–Crippen LogP) is 5.58. The van der Waals surface area contributed by atoms with Crippen molar-refractivity contribution in [1.82, 2.24) is 15.6 Å². The number of alkyl halides is 3. The Morgan fingerprint density at radius 2 is 1.74 bits per heavy atom. The molecule has 1 heterocycles. The zero-order valence-electron chi connectivity index (χ0n) is 18.9. The van der Waals surface area contributed by atoms with Crippen molar-refractivity contribution in [2.24, 2.45) is 0 Å². The highest BCUT2D eigenvalue weighted by Gasteiger charge is 2.32. The van der Waals surface area contributed by atoms with Crippen molar-refractivity contribution in [3.05, 3.63) is 100 Å². The summed E-state index contributed by atoms with van der Waals surface area (Å²) in [6.45, 7) is 1.56. The number of halogens is 6. The molecule has 10 heteroatoms. The molecule has 1 aromatic heterocycles. The van der Waals surface area contributed by atoms with E-state index in [9.17, 15) is 31.1 Å². The minimum Gasteiger partial charge on any atom is -0.358 e. The van der Waals surface area contributed by atoms with Crippen LogP contribution in [0.2, 0.25) is 0 Å². The summed E-state index contributed by atoms with van der Waals surface area (Å²) in [5.74, 6) is -2.75. The van der Waals surface area contributed by atoms with Crippen LogP contribution in [-0.2, 0) is 17.4 Å². The van der Waals surface area contributed by atoms with E-state index < -0.39 is 47.3 Å². The Morgan fingerprint density at radius 1 is 1.00 bits per heavy atom. The number of hydrogen-bond acceptors (Lipinski definition) is 3. The molecule has 4 nitrogen and oxygen atoms in total. The fourth-order valence-corrected chi connectivity index (χ4v) is 3.67. The predicted molar refractivity (Wildman–Crippen MR) is 118 cm³/mol. The topological polar surface area (TPSA) is 54.0 Å². The highest BCUT2D eigenvalue weighted by atomic mass is 19.4. The summed E-state index contributed by atoms with van der Waals surface area (Å²) in [5, 5.41) is 5.49. The first-order valence-electron chi connectivity index (χ1n) is 10.7. The molecule has 3 aromatic rings. The fourth-order valence-electron chi connectivity index (χ4n) is 3.67. The van der Waals surface area contributed by atoms with Crippen LogP contribution < -0.4 is 10.6 Å². The molecule has 3 rings (SSSR count). The number of aryl methyl sites for hydroxylation is 2. The standard InChI is InChI=1S/C25H23F6N3O/c1-14-11-16(5-8-19(14)27)21(9-3-15-4-10-22(33-13-15)25(29,30)31)34-23(24(35)32-2)18-7-6-17(26)12-20(18)28/h4-8,10-13,21,23,34H,3,9H2,1-2H3,(H,32,35)/t21-,23?/m0/s1. The molecule has 0 aliphatic heterocycles. The van der Waals surface area contributed by atoms with Gasteiger partial charge >= 0.3 is 6.18 Å². The van der Waals surface area contributed by atoms with Crippen LogP contribution in [0.5, 0.6) is 0 Å². The van der Waals surface area contributed by atoms with Crippen molar-refractivity contribution in [2.75, 3.05) is 7.05 Å². The number of carbonyl (C=O) groups is 1. The minimum absolute atomic E-state index is 0.0919. The molecule has 2 aromatic carbocycles. The monoisotopic (exact) mass is 495 g/mol. The number of rotatable bonds is 8. The summed E-state index contributed by atoms with van der Waals surface area (Å²) in [6.07, 6.45) is -2.93. The van der Waals surface area contributed by atoms with E-state index in [1.54, 1.807) is 13.0 Å². The summed E-state index contributed by atoms with van der Waals surface area (Å²) in [4.78, 5) is 16.1. The lowest BCUT2D eigenvalue weighted by Gasteiger charge is -2.26. The van der Waals surface area contributed by atoms with E-state index in [4.69, 9.17) is 0 Å². The van der Waals surface area contributed by atoms with Gasteiger partial charge in [0.25, 0.3) is 0 Å². The third-order valence-corrected chi connectivity index (χ3v) is 5.57. The van der Waals surface area contributed by atoms with Crippen molar-refractivity contribution >= 4 is 5.91 Å². The number of nitrogens with one attached hydrogen (secondary N) is 2. The van der Waals surface area contributed by atoms with Crippen LogP contribution in [0.25, 0.3) is 0 Å². The molecule has 186 valence electrons. The molecule has 1 amide bonds. The number of nitrogens with zero attached hydrogens (tertiary/aromatic N) is 1. The van der Waals surface area contributed by atoms with Gasteiger partial charge in [-0.2, -0.15) is 13.2 Å². The van der Waals surface area contributed by atoms with Crippen LogP contribution in [0.15, 0.2) is 54.7 Å². The molecule has 2 atom stereocenters. The zero-order valence-corrected chi connectivity index (χ0v) is 18.9. The summed E-state index contributed by atoms with van der Waals surface area (Å²) >= 11 is 0. The van der Waals surface area contributed by atoms with Gasteiger partial charge in [-0.15, -0.1) is 0 Å². The van der Waals surface area contributed by atoms with Gasteiger partial charge in [0.05, 0.1) is 0 Å². The van der Waals surface area contributed by atoms with Crippen LogP contribution in [-0.4, -0.2) is 17.9 Å². The Hall–Kier alpha value is -3.40. The number of likely N-dealkylation sites (N-methyl/N-ethyl adjacent to an activating group) is 1. The van der Waals surface area contributed by atoms with E-state index in [0.29, 0.717) is 22.8 Å². The average Bonchev–Trinajstić information content (AvgIpc) is 2.81. The van der Waals surface area contributed by atoms with E-state index in [0.717, 1.165) is 24.4 Å². The number of hydrogen-bond donors (Lipinski definition) is 2. The largest absolute Gasteiger partial charge is 0.433 e. The van der Waals surface area contributed by atoms with Crippen molar-refractivity contribution in [1.29, 1.82) is 0 Å². The average molecular weight is 495 g/mol. The summed E-state index contributed by atoms with van der Waals surface area (Å²) < 4.78 is 80.3. The second-order valence-corrected chi connectivity index (χ2v) is 8.03. The molecular formula is C25H23F6N3O. The van der Waals surface area contributed by atoms with Crippen LogP contribution in [0, 0.1) is 24.4 Å². The number of benzene rings is 2. The highest BCUT2D eigenvalue weighted by Crippen LogP contribution is 2.29. The van der Waals surface area contributed by atoms with Crippen molar-refractivity contribution < 1.29 is 31.1 Å². The van der Waals surface area contributed by atoms with Gasteiger partial charge in [0.2, 0.25) is 5.91 Å². The summed E-state index contributed by atoms with van der Waals surface area (Å²) in [7, 11) is 1.36. The molecule has 0 spiro atoms. The van der Waals surface area contributed by atoms with Gasteiger partial charge in [-0.3, -0.25) is 15.1 Å². The molecule has 0 fully saturated rings. The Kier molecular flexibility index (Phi) is 8.16. The minimum atomic E-state index is -4.56. The van der Waals surface area contributed by atoms with E-state index in [1.807, 2.05) is 0 Å². The number of amides is 1. The Labute approximate surface area is 198 Å². The normalized spacial score (nSPS) is 13.4. The van der Waals surface area contributed by atoms with E-state index in [-0.39, 0.29) is 18.4 Å². The lowest BCUT2D eigenvalue weighted by molar-refractivity contribution is -0.141. The number of carbonyl (C=O) groups excluding carboxylic acids is 1. The van der Waals surface area contributed by atoms with Gasteiger partial charge in [0.15, 0.2) is 0 Å². The third-order valence-electron chi connectivity index (χ3n) is 5.57. The van der Waals surface area contributed by atoms with Gasteiger partial charge < -0.3 is 5.32 Å². The molecule has 0 saturated heterocycles. The lowest BCUT2D eigenvalue weighted by Crippen LogP contribution is -2.38. The summed E-state index contributed by atoms with van der Waals surface area (Å²) in [6, 6.07) is 7.51. The molecule has 0 aliphatic carbocycles. The number of aromatic nitrogens is 1. The maximum absolute atomic E-state index is 14.5. The highest BCUT2D eigenvalue weighted by molar-refractivity contribution is 5.83. The molecule has 35 heavy (non-hydrogen) atoms. The first-order valence-corrected chi connectivity index (χ1v) is 10.7. The number of pyridine rings is 1. The van der Waals surface area contributed by atoms with Crippen molar-refractivity contribution in [3.8, 4) is 0 Å². The van der Waals surface area contributed by atoms with Crippen LogP contribution in [0.4, 0.5) is 26.3 Å². The van der Waals surface area contributed by atoms with Crippen molar-refractivity contribution in [3.63, 3.8) is 0 Å². The maximum atomic E-state index is 14.5. The zero-order chi connectivity index (χ0) is 25.8. The molecule has 0 bridgehead atoms. The van der Waals surface area contributed by atoms with Gasteiger partial charge in [0.1, 0.15) is 29.2 Å². The SMILES string of the molecule is CNC(=O)C(N[C@@H](CCc1ccc(C(F)(F)F)nc1)c1ccc(F)c(C)c1)c1ccc(F)cc1F. The second kappa shape index (κ2) is 10.9. The Balaban J connectivity index is 1.92. The molecular weight excluding hydrogens is 472 g/mol. The quantitative estimate of drug-likeness (QED) is 0.402. The maximum Gasteiger partial charge on any atom is 0.433 e. The molecule has 0 radical (unpaired) electrons. The molecule has 0 saturated carbocycles. The molecule has 0 aliphatic rings. The molecule has 2 N–H and O–H groups in total. The van der Waals surface area contributed by atoms with Gasteiger partial charge in [-0.05, 0) is 54.7 Å². The Morgan fingerprint density at radius 3 is 2.31 bits per heavy atom. The van der Waals surface area contributed by atoms with Crippen LogP contribution in [0.1, 0.15) is 46.5 Å². The smallest absolute Gasteiger partial charge is 0.358 e.